The zero-order valence-corrected chi connectivity index (χ0v) is 22.9. The van der Waals surface area contributed by atoms with E-state index in [4.69, 9.17) is 9.47 Å². The van der Waals surface area contributed by atoms with Crippen molar-refractivity contribution in [2.75, 3.05) is 41.3 Å². The highest BCUT2D eigenvalue weighted by Crippen LogP contribution is 2.45. The Morgan fingerprint density at radius 1 is 0.816 bits per heavy atom. The van der Waals surface area contributed by atoms with Gasteiger partial charge in [-0.15, -0.1) is 0 Å². The zero-order valence-electron chi connectivity index (χ0n) is 22.9. The Morgan fingerprint density at radius 3 is 1.66 bits per heavy atom. The summed E-state index contributed by atoms with van der Waals surface area (Å²) in [6.45, 7) is 13.4. The molecule has 9 heteroatoms. The number of benzene rings is 2. The molecular formula is C29H36N3O6-. The molecule has 204 valence electrons. The number of esters is 2. The number of anilines is 3. The molecule has 0 unspecified atom stereocenters. The van der Waals surface area contributed by atoms with Gasteiger partial charge in [0.15, 0.2) is 0 Å². The van der Waals surface area contributed by atoms with E-state index in [2.05, 4.69) is 18.7 Å². The molecule has 2 aromatic carbocycles. The number of carbonyl (C=O) groups is 2. The van der Waals surface area contributed by atoms with E-state index in [1.807, 2.05) is 43.0 Å². The first-order chi connectivity index (χ1) is 18.2. The third-order valence-corrected chi connectivity index (χ3v) is 6.70. The van der Waals surface area contributed by atoms with E-state index < -0.39 is 17.9 Å². The molecule has 1 aliphatic rings. The third kappa shape index (κ3) is 5.69. The fourth-order valence-corrected chi connectivity index (χ4v) is 4.92. The minimum Gasteiger partial charge on any atom is -0.733 e. The molecule has 0 radical (unpaired) electrons. The summed E-state index contributed by atoms with van der Waals surface area (Å²) in [5.74, 6) is -1.90. The molecule has 0 aromatic heterocycles. The number of hydrogen-bond acceptors (Lipinski definition) is 9. The molecule has 1 N–H and O–H groups in total. The molecule has 0 saturated carbocycles. The summed E-state index contributed by atoms with van der Waals surface area (Å²) in [6, 6.07) is 14.0. The third-order valence-electron chi connectivity index (χ3n) is 6.70. The van der Waals surface area contributed by atoms with Gasteiger partial charge in [0, 0.05) is 35.9 Å². The van der Waals surface area contributed by atoms with Gasteiger partial charge < -0.3 is 29.7 Å². The van der Waals surface area contributed by atoms with Gasteiger partial charge in [0.25, 0.3) is 0 Å². The Labute approximate surface area is 224 Å². The van der Waals surface area contributed by atoms with Crippen molar-refractivity contribution in [2.24, 2.45) is 0 Å². The van der Waals surface area contributed by atoms with Crippen molar-refractivity contribution in [3.63, 3.8) is 0 Å². The largest absolute Gasteiger partial charge is 0.733 e. The second kappa shape index (κ2) is 12.6. The molecule has 0 bridgehead atoms. The van der Waals surface area contributed by atoms with E-state index in [0.717, 1.165) is 24.5 Å². The molecule has 3 rings (SSSR count). The summed E-state index contributed by atoms with van der Waals surface area (Å²) in [5.41, 5.74) is 4.29. The molecule has 38 heavy (non-hydrogen) atoms. The number of ether oxygens (including phenoxy) is 2. The summed E-state index contributed by atoms with van der Waals surface area (Å²) in [5, 5.41) is 20.4. The first-order valence-corrected chi connectivity index (χ1v) is 12.9. The molecule has 0 aliphatic carbocycles. The maximum atomic E-state index is 13.4. The van der Waals surface area contributed by atoms with Crippen LogP contribution in [-0.4, -0.2) is 43.4 Å². The monoisotopic (exact) mass is 522 g/mol. The maximum Gasteiger partial charge on any atom is 0.336 e. The van der Waals surface area contributed by atoms with Crippen LogP contribution < -0.4 is 15.0 Å². The summed E-state index contributed by atoms with van der Waals surface area (Å²) in [4.78, 5) is 30.9. The second-order valence-corrected chi connectivity index (χ2v) is 8.76. The van der Waals surface area contributed by atoms with Crippen LogP contribution in [0.2, 0.25) is 0 Å². The van der Waals surface area contributed by atoms with Gasteiger partial charge in [-0.1, -0.05) is 12.1 Å². The van der Waals surface area contributed by atoms with Crippen LogP contribution >= 0.6 is 0 Å². The molecular weight excluding hydrogens is 486 g/mol. The van der Waals surface area contributed by atoms with Crippen molar-refractivity contribution in [1.82, 2.24) is 0 Å². The molecule has 1 aliphatic heterocycles. The number of carbonyl (C=O) groups excluding carboxylic acids is 2. The number of allylic oxidation sites excluding steroid dienone is 2. The van der Waals surface area contributed by atoms with Crippen LogP contribution in [0, 0.1) is 5.21 Å². The molecule has 0 spiro atoms. The van der Waals surface area contributed by atoms with E-state index in [9.17, 15) is 20.0 Å². The zero-order chi connectivity index (χ0) is 28.0. The van der Waals surface area contributed by atoms with Crippen molar-refractivity contribution < 1.29 is 24.3 Å². The van der Waals surface area contributed by atoms with Crippen molar-refractivity contribution in [3.05, 3.63) is 81.8 Å². The lowest BCUT2D eigenvalue weighted by Crippen LogP contribution is -2.35. The molecule has 1 heterocycles. The molecule has 9 nitrogen and oxygen atoms in total. The molecule has 2 aromatic rings. The first-order valence-electron chi connectivity index (χ1n) is 12.9. The number of hydrogen-bond donors (Lipinski definition) is 1. The van der Waals surface area contributed by atoms with E-state index in [-0.39, 0.29) is 24.1 Å². The first kappa shape index (κ1) is 28.7. The van der Waals surface area contributed by atoms with Gasteiger partial charge in [-0.2, -0.15) is 0 Å². The van der Waals surface area contributed by atoms with Gasteiger partial charge in [-0.05, 0) is 83.5 Å². The standard InChI is InChI=1S/C29H36N3O6/c1-7-30(8-2)22-15-17-23(18-16-22)31-19(5)25(28(33)37-9-3)27(26(20(31)6)29(34)38-10-4)21-11-13-24(14-12-21)32(35)36/h11-18,27,35H,7-10H2,1-6H3/q-1. The molecule has 0 atom stereocenters. The topological polar surface area (TPSA) is 106 Å². The van der Waals surface area contributed by atoms with Gasteiger partial charge in [0.2, 0.25) is 0 Å². The van der Waals surface area contributed by atoms with Crippen LogP contribution in [0.1, 0.15) is 53.0 Å². The van der Waals surface area contributed by atoms with Crippen molar-refractivity contribution >= 4 is 29.0 Å². The highest BCUT2D eigenvalue weighted by molar-refractivity contribution is 6.01. The summed E-state index contributed by atoms with van der Waals surface area (Å²) >= 11 is 0. The predicted octanol–water partition coefficient (Wildman–Crippen LogP) is 5.50. The molecule has 0 fully saturated rings. The molecule has 0 amide bonds. The van der Waals surface area contributed by atoms with Crippen LogP contribution in [0.25, 0.3) is 0 Å². The Morgan fingerprint density at radius 2 is 1.26 bits per heavy atom. The van der Waals surface area contributed by atoms with Crippen LogP contribution in [0.4, 0.5) is 17.1 Å². The average Bonchev–Trinajstić information content (AvgIpc) is 2.90. The van der Waals surface area contributed by atoms with E-state index >= 15 is 0 Å². The number of nitrogens with zero attached hydrogens (tertiary/aromatic N) is 3. The van der Waals surface area contributed by atoms with Gasteiger partial charge in [0.1, 0.15) is 0 Å². The highest BCUT2D eigenvalue weighted by Gasteiger charge is 2.41. The van der Waals surface area contributed by atoms with E-state index in [0.29, 0.717) is 28.1 Å². The van der Waals surface area contributed by atoms with E-state index in [1.54, 1.807) is 26.0 Å². The van der Waals surface area contributed by atoms with Gasteiger partial charge in [0.05, 0.1) is 36.0 Å². The van der Waals surface area contributed by atoms with Gasteiger partial charge in [-0.3, -0.25) is 5.21 Å². The van der Waals surface area contributed by atoms with E-state index in [1.165, 1.54) is 12.1 Å². The quantitative estimate of drug-likeness (QED) is 0.320. The Balaban J connectivity index is 2.25. The lowest BCUT2D eigenvalue weighted by Gasteiger charge is -2.38. The van der Waals surface area contributed by atoms with Crippen LogP contribution in [-0.2, 0) is 19.1 Å². The SMILES string of the molecule is CCOC(=O)C1=C(C)N(c2ccc(N(CC)CC)cc2)C(C)=C(C(=O)OCC)C1c1ccc(N([O-])O)cc1. The smallest absolute Gasteiger partial charge is 0.336 e. The summed E-state index contributed by atoms with van der Waals surface area (Å²) in [6.07, 6.45) is 0. The predicted molar refractivity (Wildman–Crippen MR) is 148 cm³/mol. The van der Waals surface area contributed by atoms with Crippen LogP contribution in [0.15, 0.2) is 71.1 Å². The van der Waals surface area contributed by atoms with Crippen molar-refractivity contribution in [1.29, 1.82) is 0 Å². The highest BCUT2D eigenvalue weighted by atomic mass is 16.8. The maximum absolute atomic E-state index is 13.4. The average molecular weight is 523 g/mol. The van der Waals surface area contributed by atoms with Crippen LogP contribution in [0.5, 0.6) is 0 Å². The van der Waals surface area contributed by atoms with Gasteiger partial charge >= 0.3 is 11.9 Å². The lowest BCUT2D eigenvalue weighted by molar-refractivity contribution is -0.139. The van der Waals surface area contributed by atoms with Crippen molar-refractivity contribution in [2.45, 2.75) is 47.5 Å². The second-order valence-electron chi connectivity index (χ2n) is 8.76. The normalized spacial score (nSPS) is 14.1. The van der Waals surface area contributed by atoms with Crippen molar-refractivity contribution in [3.8, 4) is 0 Å². The Bertz CT molecular complexity index is 1160. The number of rotatable bonds is 10. The van der Waals surface area contributed by atoms with Gasteiger partial charge in [-0.25, -0.2) is 9.59 Å². The Hall–Kier alpha value is -3.82. The lowest BCUT2D eigenvalue weighted by atomic mass is 9.79. The fourth-order valence-electron chi connectivity index (χ4n) is 4.92. The summed E-state index contributed by atoms with van der Waals surface area (Å²) in [7, 11) is 0. The fraction of sp³-hybridized carbons (Fsp3) is 0.379. The molecule has 0 saturated heterocycles. The minimum atomic E-state index is -0.799. The minimum absolute atomic E-state index is 0.0243. The Kier molecular flexibility index (Phi) is 9.55. The summed E-state index contributed by atoms with van der Waals surface area (Å²) < 4.78 is 10.9. The van der Waals surface area contributed by atoms with Crippen LogP contribution in [0.3, 0.4) is 0 Å².